The van der Waals surface area contributed by atoms with E-state index in [1.807, 2.05) is 20.8 Å². The highest BCUT2D eigenvalue weighted by molar-refractivity contribution is 5.70. The molecule has 0 rings (SSSR count). The number of nitrogens with zero attached hydrogens (tertiary/aromatic N) is 1. The van der Waals surface area contributed by atoms with Crippen LogP contribution < -0.4 is 0 Å². The van der Waals surface area contributed by atoms with Gasteiger partial charge in [-0.25, -0.2) is 0 Å². The summed E-state index contributed by atoms with van der Waals surface area (Å²) < 4.78 is 10.4. The molecule has 0 aliphatic rings. The Morgan fingerprint density at radius 2 is 1.89 bits per heavy atom. The third-order valence-electron chi connectivity index (χ3n) is 2.82. The van der Waals surface area contributed by atoms with Crippen LogP contribution in [0.4, 0.5) is 0 Å². The van der Waals surface area contributed by atoms with Gasteiger partial charge in [-0.3, -0.25) is 9.69 Å². The second-order valence-electron chi connectivity index (χ2n) is 5.62. The van der Waals surface area contributed by atoms with E-state index in [1.165, 1.54) is 0 Å². The van der Waals surface area contributed by atoms with Crippen molar-refractivity contribution >= 4 is 5.97 Å². The second-order valence-corrected chi connectivity index (χ2v) is 5.62. The minimum absolute atomic E-state index is 0.131. The van der Waals surface area contributed by atoms with Gasteiger partial charge in [-0.2, -0.15) is 0 Å². The van der Waals surface area contributed by atoms with Crippen molar-refractivity contribution in [2.75, 3.05) is 26.8 Å². The summed E-state index contributed by atoms with van der Waals surface area (Å²) in [6.45, 7) is 12.3. The Balaban J connectivity index is 4.13. The van der Waals surface area contributed by atoms with Crippen molar-refractivity contribution in [3.05, 3.63) is 0 Å². The van der Waals surface area contributed by atoms with Gasteiger partial charge in [-0.1, -0.05) is 6.92 Å². The van der Waals surface area contributed by atoms with E-state index in [-0.39, 0.29) is 5.97 Å². The number of carbonyl (C=O) groups excluding carboxylic acids is 1. The summed E-state index contributed by atoms with van der Waals surface area (Å²) in [7, 11) is 1.70. The number of carbonyl (C=O) groups is 1. The predicted molar refractivity (Wildman–Crippen MR) is 73.7 cm³/mol. The van der Waals surface area contributed by atoms with E-state index >= 15 is 0 Å². The monoisotopic (exact) mass is 259 g/mol. The van der Waals surface area contributed by atoms with Crippen molar-refractivity contribution in [1.29, 1.82) is 0 Å². The predicted octanol–water partition coefficient (Wildman–Crippen LogP) is 2.47. The first-order valence-corrected chi connectivity index (χ1v) is 6.75. The lowest BCUT2D eigenvalue weighted by Gasteiger charge is -2.28. The number of rotatable bonds is 8. The first-order valence-electron chi connectivity index (χ1n) is 6.75. The van der Waals surface area contributed by atoms with Crippen LogP contribution in [0.15, 0.2) is 0 Å². The van der Waals surface area contributed by atoms with Gasteiger partial charge >= 0.3 is 5.97 Å². The molecule has 0 aromatic rings. The van der Waals surface area contributed by atoms with Gasteiger partial charge in [0.1, 0.15) is 5.60 Å². The Kier molecular flexibility index (Phi) is 8.20. The van der Waals surface area contributed by atoms with Crippen molar-refractivity contribution in [3.63, 3.8) is 0 Å². The molecule has 0 aliphatic heterocycles. The zero-order valence-corrected chi connectivity index (χ0v) is 12.8. The molecule has 0 spiro atoms. The van der Waals surface area contributed by atoms with E-state index in [4.69, 9.17) is 9.47 Å². The van der Waals surface area contributed by atoms with Gasteiger partial charge in [0.25, 0.3) is 0 Å². The highest BCUT2D eigenvalue weighted by Crippen LogP contribution is 2.10. The normalized spacial score (nSPS) is 13.7. The molecular weight excluding hydrogens is 230 g/mol. The largest absolute Gasteiger partial charge is 0.460 e. The Labute approximate surface area is 112 Å². The van der Waals surface area contributed by atoms with E-state index in [9.17, 15) is 4.79 Å². The third-order valence-corrected chi connectivity index (χ3v) is 2.82. The highest BCUT2D eigenvalue weighted by Gasteiger charge is 2.18. The lowest BCUT2D eigenvalue weighted by Crippen LogP contribution is -2.37. The average molecular weight is 259 g/mol. The fourth-order valence-electron chi connectivity index (χ4n) is 1.65. The number of ether oxygens (including phenoxy) is 2. The molecule has 0 aromatic heterocycles. The summed E-state index contributed by atoms with van der Waals surface area (Å²) in [5.41, 5.74) is -0.398. The van der Waals surface area contributed by atoms with Crippen LogP contribution in [0, 0.1) is 0 Å². The number of hydrogen-bond acceptors (Lipinski definition) is 4. The standard InChI is InChI=1S/C14H29NO3/c1-7-12(2)15(10-11-17-6)9-8-13(16)18-14(3,4)5/h12H,7-11H2,1-6H3. The van der Waals surface area contributed by atoms with E-state index in [2.05, 4.69) is 18.7 Å². The number of esters is 1. The molecule has 0 bridgehead atoms. The van der Waals surface area contributed by atoms with Crippen LogP contribution in [-0.2, 0) is 14.3 Å². The fraction of sp³-hybridized carbons (Fsp3) is 0.929. The van der Waals surface area contributed by atoms with Gasteiger partial charge in [-0.05, 0) is 34.1 Å². The summed E-state index contributed by atoms with van der Waals surface area (Å²) in [6, 6.07) is 0.461. The van der Waals surface area contributed by atoms with Crippen molar-refractivity contribution < 1.29 is 14.3 Å². The quantitative estimate of drug-likeness (QED) is 0.628. The Hall–Kier alpha value is -0.610. The maximum absolute atomic E-state index is 11.7. The molecule has 0 heterocycles. The van der Waals surface area contributed by atoms with Gasteiger partial charge in [0.2, 0.25) is 0 Å². The first kappa shape index (κ1) is 17.4. The lowest BCUT2D eigenvalue weighted by molar-refractivity contribution is -0.155. The molecule has 1 unspecified atom stereocenters. The zero-order valence-electron chi connectivity index (χ0n) is 12.8. The Morgan fingerprint density at radius 1 is 1.28 bits per heavy atom. The molecule has 0 N–H and O–H groups in total. The molecule has 0 saturated carbocycles. The molecule has 1 atom stereocenters. The third kappa shape index (κ3) is 8.48. The lowest BCUT2D eigenvalue weighted by atomic mass is 10.2. The highest BCUT2D eigenvalue weighted by atomic mass is 16.6. The number of hydrogen-bond donors (Lipinski definition) is 0. The van der Waals surface area contributed by atoms with Gasteiger partial charge in [0.15, 0.2) is 0 Å². The van der Waals surface area contributed by atoms with Crippen LogP contribution in [0.1, 0.15) is 47.5 Å². The maximum Gasteiger partial charge on any atom is 0.307 e. The minimum Gasteiger partial charge on any atom is -0.460 e. The molecule has 0 amide bonds. The molecule has 4 heteroatoms. The first-order chi connectivity index (χ1) is 8.30. The van der Waals surface area contributed by atoms with Crippen LogP contribution >= 0.6 is 0 Å². The number of methoxy groups -OCH3 is 1. The van der Waals surface area contributed by atoms with Crippen LogP contribution in [0.3, 0.4) is 0 Å². The molecule has 0 saturated heterocycles. The van der Waals surface area contributed by atoms with Gasteiger partial charge in [0.05, 0.1) is 13.0 Å². The van der Waals surface area contributed by atoms with E-state index in [0.717, 1.165) is 19.5 Å². The summed E-state index contributed by atoms with van der Waals surface area (Å²) in [5, 5.41) is 0. The summed E-state index contributed by atoms with van der Waals surface area (Å²) >= 11 is 0. The maximum atomic E-state index is 11.7. The van der Waals surface area contributed by atoms with Crippen molar-refractivity contribution in [3.8, 4) is 0 Å². The topological polar surface area (TPSA) is 38.8 Å². The minimum atomic E-state index is -0.398. The molecule has 0 radical (unpaired) electrons. The van der Waals surface area contributed by atoms with Gasteiger partial charge in [0, 0.05) is 26.2 Å². The summed E-state index contributed by atoms with van der Waals surface area (Å²) in [5.74, 6) is -0.131. The SMILES string of the molecule is CCC(C)N(CCOC)CCC(=O)OC(C)(C)C. The smallest absolute Gasteiger partial charge is 0.307 e. The summed E-state index contributed by atoms with van der Waals surface area (Å²) in [6.07, 6.45) is 1.50. The van der Waals surface area contributed by atoms with Crippen LogP contribution in [-0.4, -0.2) is 49.3 Å². The van der Waals surface area contributed by atoms with Crippen LogP contribution in [0.5, 0.6) is 0 Å². The summed E-state index contributed by atoms with van der Waals surface area (Å²) in [4.78, 5) is 13.9. The molecule has 18 heavy (non-hydrogen) atoms. The second kappa shape index (κ2) is 8.48. The molecular formula is C14H29NO3. The zero-order chi connectivity index (χ0) is 14.2. The van der Waals surface area contributed by atoms with Crippen LogP contribution in [0.25, 0.3) is 0 Å². The molecule has 108 valence electrons. The van der Waals surface area contributed by atoms with Gasteiger partial charge < -0.3 is 9.47 Å². The van der Waals surface area contributed by atoms with Crippen molar-refractivity contribution in [2.24, 2.45) is 0 Å². The average Bonchev–Trinajstić information content (AvgIpc) is 2.26. The van der Waals surface area contributed by atoms with Crippen LogP contribution in [0.2, 0.25) is 0 Å². The molecule has 0 fully saturated rings. The van der Waals surface area contributed by atoms with Crippen molar-refractivity contribution in [2.45, 2.75) is 59.1 Å². The van der Waals surface area contributed by atoms with E-state index < -0.39 is 5.60 Å². The molecule has 0 aliphatic carbocycles. The van der Waals surface area contributed by atoms with Crippen molar-refractivity contribution in [1.82, 2.24) is 4.90 Å². The van der Waals surface area contributed by atoms with E-state index in [0.29, 0.717) is 19.1 Å². The Bertz CT molecular complexity index is 236. The van der Waals surface area contributed by atoms with E-state index in [1.54, 1.807) is 7.11 Å². The van der Waals surface area contributed by atoms with Gasteiger partial charge in [-0.15, -0.1) is 0 Å². The molecule has 0 aromatic carbocycles. The Morgan fingerprint density at radius 3 is 2.33 bits per heavy atom. The molecule has 4 nitrogen and oxygen atoms in total. The fourth-order valence-corrected chi connectivity index (χ4v) is 1.65.